The van der Waals surface area contributed by atoms with Crippen molar-refractivity contribution in [3.8, 4) is 0 Å². The van der Waals surface area contributed by atoms with Gasteiger partial charge >= 0.3 is 0 Å². The molecular formula is C10H11N7O4. The highest BCUT2D eigenvalue weighted by molar-refractivity contribution is 5.68. The highest BCUT2D eigenvalue weighted by Crippen LogP contribution is 2.33. The standard InChI is InChI=1S/C10H11N7O4/c11-16-15-5-7(19)4(1-18)21-10(5)17-3-14-6-8(17)12-2-13-9(6)20/h2-5,7,10,18-19H,1H2,(H,12,13,20)/t4-,5?,7-,10-/m1/s1. The van der Waals surface area contributed by atoms with Gasteiger partial charge < -0.3 is 19.9 Å². The van der Waals surface area contributed by atoms with Crippen LogP contribution in [0.4, 0.5) is 0 Å². The Morgan fingerprint density at radius 3 is 3.10 bits per heavy atom. The highest BCUT2D eigenvalue weighted by atomic mass is 16.5. The van der Waals surface area contributed by atoms with Gasteiger partial charge in [0.05, 0.1) is 25.4 Å². The number of hydrogen-bond donors (Lipinski definition) is 3. The van der Waals surface area contributed by atoms with Crippen molar-refractivity contribution in [1.29, 1.82) is 0 Å². The molecule has 1 unspecified atom stereocenters. The van der Waals surface area contributed by atoms with Gasteiger partial charge in [-0.25, -0.2) is 9.97 Å². The van der Waals surface area contributed by atoms with E-state index >= 15 is 0 Å². The minimum absolute atomic E-state index is 0.0997. The fraction of sp³-hybridized carbons (Fsp3) is 0.500. The van der Waals surface area contributed by atoms with Crippen molar-refractivity contribution in [2.75, 3.05) is 6.61 Å². The molecule has 1 fully saturated rings. The fourth-order valence-corrected chi connectivity index (χ4v) is 2.34. The molecule has 0 saturated carbocycles. The third kappa shape index (κ3) is 2.04. The maximum atomic E-state index is 11.6. The lowest BCUT2D eigenvalue weighted by molar-refractivity contribution is -0.0437. The smallest absolute Gasteiger partial charge is 0.278 e. The molecule has 3 N–H and O–H groups in total. The van der Waals surface area contributed by atoms with Gasteiger partial charge in [-0.2, -0.15) is 0 Å². The van der Waals surface area contributed by atoms with E-state index in [9.17, 15) is 15.0 Å². The van der Waals surface area contributed by atoms with Crippen molar-refractivity contribution >= 4 is 11.2 Å². The van der Waals surface area contributed by atoms with E-state index in [2.05, 4.69) is 25.0 Å². The van der Waals surface area contributed by atoms with Crippen LogP contribution in [0.15, 0.2) is 22.6 Å². The molecule has 4 atom stereocenters. The van der Waals surface area contributed by atoms with Gasteiger partial charge in [-0.05, 0) is 5.53 Å². The van der Waals surface area contributed by atoms with Crippen LogP contribution in [-0.2, 0) is 4.74 Å². The lowest BCUT2D eigenvalue weighted by atomic mass is 10.1. The summed E-state index contributed by atoms with van der Waals surface area (Å²) in [5.74, 6) is 0. The molecule has 3 heterocycles. The van der Waals surface area contributed by atoms with E-state index in [0.717, 1.165) is 0 Å². The maximum Gasteiger partial charge on any atom is 0.278 e. The Bertz CT molecular complexity index is 764. The quantitative estimate of drug-likeness (QED) is 0.375. The van der Waals surface area contributed by atoms with Crippen molar-refractivity contribution in [3.05, 3.63) is 33.5 Å². The average molecular weight is 293 g/mol. The number of aromatic amines is 1. The molecule has 1 saturated heterocycles. The van der Waals surface area contributed by atoms with Gasteiger partial charge in [0.1, 0.15) is 18.4 Å². The van der Waals surface area contributed by atoms with E-state index in [-0.39, 0.29) is 11.2 Å². The number of nitrogens with zero attached hydrogens (tertiary/aromatic N) is 6. The van der Waals surface area contributed by atoms with Crippen LogP contribution in [0.3, 0.4) is 0 Å². The second kappa shape index (κ2) is 5.14. The minimum Gasteiger partial charge on any atom is -0.394 e. The molecule has 21 heavy (non-hydrogen) atoms. The third-order valence-corrected chi connectivity index (χ3v) is 3.34. The van der Waals surface area contributed by atoms with Crippen LogP contribution in [0.25, 0.3) is 21.6 Å². The molecule has 1 aliphatic heterocycles. The SMILES string of the molecule is [N-]=[N+]=NC1[C@H](n2cnc3c(=O)[nH]cnc32)O[C@H](CO)[C@H]1O. The van der Waals surface area contributed by atoms with Crippen LogP contribution in [-0.4, -0.2) is 54.6 Å². The lowest BCUT2D eigenvalue weighted by Crippen LogP contribution is -2.31. The summed E-state index contributed by atoms with van der Waals surface area (Å²) < 4.78 is 6.88. The molecule has 0 bridgehead atoms. The number of aromatic nitrogens is 4. The first kappa shape index (κ1) is 13.5. The van der Waals surface area contributed by atoms with Gasteiger partial charge in [0.2, 0.25) is 0 Å². The highest BCUT2D eigenvalue weighted by Gasteiger charge is 2.44. The number of aliphatic hydroxyl groups excluding tert-OH is 2. The number of ether oxygens (including phenoxy) is 1. The normalized spacial score (nSPS) is 28.7. The maximum absolute atomic E-state index is 11.6. The first-order chi connectivity index (χ1) is 10.2. The van der Waals surface area contributed by atoms with Crippen molar-refractivity contribution in [3.63, 3.8) is 0 Å². The van der Waals surface area contributed by atoms with Crippen LogP contribution in [0.2, 0.25) is 0 Å². The van der Waals surface area contributed by atoms with E-state index in [1.807, 2.05) is 0 Å². The summed E-state index contributed by atoms with van der Waals surface area (Å²) in [5, 5.41) is 22.7. The zero-order valence-electron chi connectivity index (χ0n) is 10.6. The van der Waals surface area contributed by atoms with E-state index in [1.165, 1.54) is 17.2 Å². The molecular weight excluding hydrogens is 282 g/mol. The molecule has 2 aromatic heterocycles. The molecule has 0 aromatic carbocycles. The Labute approximate surface area is 116 Å². The second-order valence-corrected chi connectivity index (χ2v) is 4.49. The Kier molecular flexibility index (Phi) is 3.31. The minimum atomic E-state index is -1.17. The summed E-state index contributed by atoms with van der Waals surface area (Å²) in [5.41, 5.74) is 8.52. The number of rotatable bonds is 3. The summed E-state index contributed by atoms with van der Waals surface area (Å²) in [6.07, 6.45) is -0.461. The van der Waals surface area contributed by atoms with Gasteiger partial charge in [0.25, 0.3) is 5.56 Å². The first-order valence-electron chi connectivity index (χ1n) is 6.06. The summed E-state index contributed by atoms with van der Waals surface area (Å²) in [6.45, 7) is -0.435. The molecule has 0 spiro atoms. The molecule has 1 aliphatic rings. The van der Waals surface area contributed by atoms with Crippen molar-refractivity contribution in [2.45, 2.75) is 24.5 Å². The lowest BCUT2D eigenvalue weighted by Gasteiger charge is -2.16. The Hall–Kier alpha value is -2.46. The van der Waals surface area contributed by atoms with Crippen LogP contribution in [0.1, 0.15) is 6.23 Å². The summed E-state index contributed by atoms with van der Waals surface area (Å²) in [4.78, 5) is 24.6. The Morgan fingerprint density at radius 1 is 1.57 bits per heavy atom. The van der Waals surface area contributed by atoms with Gasteiger partial charge in [-0.15, -0.1) is 0 Å². The fourth-order valence-electron chi connectivity index (χ4n) is 2.34. The number of H-pyrrole nitrogens is 1. The van der Waals surface area contributed by atoms with E-state index in [0.29, 0.717) is 0 Å². The molecule has 0 radical (unpaired) electrons. The van der Waals surface area contributed by atoms with Crippen LogP contribution in [0.5, 0.6) is 0 Å². The monoisotopic (exact) mass is 293 g/mol. The molecule has 11 heteroatoms. The Morgan fingerprint density at radius 2 is 2.38 bits per heavy atom. The molecule has 3 rings (SSSR count). The first-order valence-corrected chi connectivity index (χ1v) is 6.06. The van der Waals surface area contributed by atoms with Crippen molar-refractivity contribution < 1.29 is 14.9 Å². The van der Waals surface area contributed by atoms with E-state index < -0.39 is 36.6 Å². The topological polar surface area (TPSA) is 162 Å². The van der Waals surface area contributed by atoms with Gasteiger partial charge in [0, 0.05) is 4.91 Å². The third-order valence-electron chi connectivity index (χ3n) is 3.34. The average Bonchev–Trinajstić information content (AvgIpc) is 3.03. The van der Waals surface area contributed by atoms with Crippen LogP contribution >= 0.6 is 0 Å². The van der Waals surface area contributed by atoms with Crippen molar-refractivity contribution in [1.82, 2.24) is 19.5 Å². The largest absolute Gasteiger partial charge is 0.394 e. The second-order valence-electron chi connectivity index (χ2n) is 4.49. The van der Waals surface area contributed by atoms with Crippen LogP contribution < -0.4 is 5.56 Å². The van der Waals surface area contributed by atoms with Crippen LogP contribution in [0, 0.1) is 0 Å². The molecule has 110 valence electrons. The molecule has 11 nitrogen and oxygen atoms in total. The zero-order valence-corrected chi connectivity index (χ0v) is 10.6. The summed E-state index contributed by atoms with van der Waals surface area (Å²) >= 11 is 0. The van der Waals surface area contributed by atoms with Gasteiger partial charge in [-0.3, -0.25) is 9.36 Å². The predicted molar refractivity (Wildman–Crippen MR) is 68.1 cm³/mol. The number of imidazole rings is 1. The number of azide groups is 1. The van der Waals surface area contributed by atoms with Crippen molar-refractivity contribution in [2.24, 2.45) is 5.11 Å². The Balaban J connectivity index is 2.10. The molecule has 0 amide bonds. The van der Waals surface area contributed by atoms with E-state index in [1.54, 1.807) is 0 Å². The summed E-state index contributed by atoms with van der Waals surface area (Å²) in [7, 11) is 0. The molecule has 0 aliphatic carbocycles. The number of aliphatic hydroxyl groups is 2. The number of fused-ring (bicyclic) bond motifs is 1. The predicted octanol–water partition coefficient (Wildman–Crippen LogP) is -0.951. The van der Waals surface area contributed by atoms with E-state index in [4.69, 9.17) is 10.3 Å². The van der Waals surface area contributed by atoms with Gasteiger partial charge in [0.15, 0.2) is 11.2 Å². The zero-order chi connectivity index (χ0) is 15.0. The number of hydrogen-bond acceptors (Lipinski definition) is 7. The van der Waals surface area contributed by atoms with Gasteiger partial charge in [-0.1, -0.05) is 5.11 Å². The summed E-state index contributed by atoms with van der Waals surface area (Å²) in [6, 6.07) is -0.967. The molecule has 2 aromatic rings. The number of nitrogens with one attached hydrogen (secondary N) is 1.